The van der Waals surface area contributed by atoms with Crippen LogP contribution in [0.2, 0.25) is 0 Å². The van der Waals surface area contributed by atoms with E-state index in [0.29, 0.717) is 18.5 Å². The molecule has 0 unspecified atom stereocenters. The van der Waals surface area contributed by atoms with E-state index in [4.69, 9.17) is 0 Å². The fraction of sp³-hybridized carbons (Fsp3) is 0.200. The van der Waals surface area contributed by atoms with Crippen molar-refractivity contribution in [3.63, 3.8) is 0 Å². The standard InChI is InChI=1S/C15H14N4O/c1-19-11(8-9-17-19)6-7-15(20)14-10-16-12-4-2-3-5-13(12)18-14/h2-5,8-10H,6-7H2,1H3. The quantitative estimate of drug-likeness (QED) is 0.679. The van der Waals surface area contributed by atoms with Gasteiger partial charge in [-0.15, -0.1) is 0 Å². The zero-order valence-electron chi connectivity index (χ0n) is 11.2. The number of ketones is 1. The van der Waals surface area contributed by atoms with Crippen LogP contribution in [0.4, 0.5) is 0 Å². The van der Waals surface area contributed by atoms with E-state index in [1.807, 2.05) is 37.4 Å². The maximum absolute atomic E-state index is 12.2. The second kappa shape index (κ2) is 5.21. The summed E-state index contributed by atoms with van der Waals surface area (Å²) in [5, 5.41) is 4.09. The van der Waals surface area contributed by atoms with Gasteiger partial charge in [-0.05, 0) is 24.6 Å². The molecule has 100 valence electrons. The Hall–Kier alpha value is -2.56. The lowest BCUT2D eigenvalue weighted by Crippen LogP contribution is -2.07. The van der Waals surface area contributed by atoms with Gasteiger partial charge in [0.2, 0.25) is 0 Å². The van der Waals surface area contributed by atoms with E-state index in [9.17, 15) is 4.79 Å². The second-order valence-corrected chi connectivity index (χ2v) is 4.61. The number of benzene rings is 1. The van der Waals surface area contributed by atoms with E-state index >= 15 is 0 Å². The number of rotatable bonds is 4. The van der Waals surface area contributed by atoms with Gasteiger partial charge in [0.25, 0.3) is 0 Å². The Morgan fingerprint density at radius 3 is 2.75 bits per heavy atom. The van der Waals surface area contributed by atoms with Crippen LogP contribution in [0.1, 0.15) is 22.6 Å². The van der Waals surface area contributed by atoms with E-state index < -0.39 is 0 Å². The molecule has 1 aromatic carbocycles. The van der Waals surface area contributed by atoms with Crippen molar-refractivity contribution in [1.29, 1.82) is 0 Å². The lowest BCUT2D eigenvalue weighted by molar-refractivity contribution is 0.0977. The lowest BCUT2D eigenvalue weighted by atomic mass is 10.1. The minimum absolute atomic E-state index is 0.00412. The minimum Gasteiger partial charge on any atom is -0.292 e. The highest BCUT2D eigenvalue weighted by atomic mass is 16.1. The number of aromatic nitrogens is 4. The number of carbonyl (C=O) groups is 1. The van der Waals surface area contributed by atoms with Gasteiger partial charge >= 0.3 is 0 Å². The maximum atomic E-state index is 12.2. The highest BCUT2D eigenvalue weighted by Gasteiger charge is 2.10. The topological polar surface area (TPSA) is 60.7 Å². The molecule has 0 bridgehead atoms. The van der Waals surface area contributed by atoms with Crippen LogP contribution in [0.5, 0.6) is 0 Å². The van der Waals surface area contributed by atoms with Crippen molar-refractivity contribution in [2.45, 2.75) is 12.8 Å². The number of carbonyl (C=O) groups excluding carboxylic acids is 1. The molecule has 2 heterocycles. The molecule has 0 atom stereocenters. The summed E-state index contributed by atoms with van der Waals surface area (Å²) >= 11 is 0. The number of fused-ring (bicyclic) bond motifs is 1. The van der Waals surface area contributed by atoms with Gasteiger partial charge in [-0.3, -0.25) is 14.5 Å². The van der Waals surface area contributed by atoms with E-state index in [1.165, 1.54) is 0 Å². The Kier molecular flexibility index (Phi) is 3.25. The van der Waals surface area contributed by atoms with Crippen LogP contribution in [0.25, 0.3) is 11.0 Å². The predicted molar refractivity (Wildman–Crippen MR) is 75.4 cm³/mol. The molecule has 2 aromatic heterocycles. The van der Waals surface area contributed by atoms with Crippen molar-refractivity contribution in [1.82, 2.24) is 19.7 Å². The van der Waals surface area contributed by atoms with Crippen molar-refractivity contribution in [2.24, 2.45) is 7.05 Å². The molecule has 0 saturated carbocycles. The Bertz CT molecular complexity index is 763. The molecule has 0 radical (unpaired) electrons. The van der Waals surface area contributed by atoms with Crippen molar-refractivity contribution in [3.05, 3.63) is 54.1 Å². The maximum Gasteiger partial charge on any atom is 0.183 e. The number of para-hydroxylation sites is 2. The van der Waals surface area contributed by atoms with E-state index in [2.05, 4.69) is 15.1 Å². The fourth-order valence-electron chi connectivity index (χ4n) is 2.11. The fourth-order valence-corrected chi connectivity index (χ4v) is 2.11. The second-order valence-electron chi connectivity index (χ2n) is 4.61. The molecular formula is C15H14N4O. The van der Waals surface area contributed by atoms with Gasteiger partial charge in [-0.25, -0.2) is 4.98 Å². The average molecular weight is 266 g/mol. The highest BCUT2D eigenvalue weighted by Crippen LogP contribution is 2.11. The summed E-state index contributed by atoms with van der Waals surface area (Å²) in [6.45, 7) is 0. The van der Waals surface area contributed by atoms with Gasteiger partial charge < -0.3 is 0 Å². The Labute approximate surface area is 116 Å². The molecule has 0 amide bonds. The Morgan fingerprint density at radius 1 is 1.20 bits per heavy atom. The normalized spacial score (nSPS) is 10.8. The molecule has 0 fully saturated rings. The van der Waals surface area contributed by atoms with Gasteiger partial charge in [-0.2, -0.15) is 5.10 Å². The number of nitrogens with zero attached hydrogens (tertiary/aromatic N) is 4. The van der Waals surface area contributed by atoms with E-state index in [-0.39, 0.29) is 5.78 Å². The number of Topliss-reactive ketones (excluding diaryl/α,β-unsaturated/α-hetero) is 1. The molecule has 0 saturated heterocycles. The van der Waals surface area contributed by atoms with Crippen LogP contribution in [0.3, 0.4) is 0 Å². The molecule has 20 heavy (non-hydrogen) atoms. The van der Waals surface area contributed by atoms with E-state index in [0.717, 1.165) is 16.7 Å². The predicted octanol–water partition coefficient (Wildman–Crippen LogP) is 2.18. The molecule has 3 aromatic rings. The minimum atomic E-state index is 0.00412. The molecule has 0 aliphatic carbocycles. The number of hydrogen-bond acceptors (Lipinski definition) is 4. The third-order valence-corrected chi connectivity index (χ3v) is 3.26. The van der Waals surface area contributed by atoms with Crippen LogP contribution in [0, 0.1) is 0 Å². The van der Waals surface area contributed by atoms with Gasteiger partial charge in [0, 0.05) is 25.4 Å². The molecule has 5 nitrogen and oxygen atoms in total. The number of hydrogen-bond donors (Lipinski definition) is 0. The summed E-state index contributed by atoms with van der Waals surface area (Å²) in [6.07, 6.45) is 4.35. The highest BCUT2D eigenvalue weighted by molar-refractivity contribution is 5.95. The van der Waals surface area contributed by atoms with Gasteiger partial charge in [0.1, 0.15) is 5.69 Å². The van der Waals surface area contributed by atoms with Gasteiger partial charge in [0.05, 0.1) is 17.2 Å². The zero-order valence-corrected chi connectivity index (χ0v) is 11.2. The molecule has 0 aliphatic heterocycles. The first-order valence-electron chi connectivity index (χ1n) is 6.46. The summed E-state index contributed by atoms with van der Waals surface area (Å²) in [7, 11) is 1.87. The SMILES string of the molecule is Cn1nccc1CCC(=O)c1cnc2ccccc2n1. The largest absolute Gasteiger partial charge is 0.292 e. The smallest absolute Gasteiger partial charge is 0.183 e. The Morgan fingerprint density at radius 2 is 2.00 bits per heavy atom. The van der Waals surface area contributed by atoms with Crippen molar-refractivity contribution in [3.8, 4) is 0 Å². The Balaban J connectivity index is 1.77. The molecule has 5 heteroatoms. The van der Waals surface area contributed by atoms with Crippen molar-refractivity contribution >= 4 is 16.8 Å². The van der Waals surface area contributed by atoms with Crippen molar-refractivity contribution in [2.75, 3.05) is 0 Å². The van der Waals surface area contributed by atoms with E-state index in [1.54, 1.807) is 17.1 Å². The van der Waals surface area contributed by atoms with Crippen LogP contribution in [-0.2, 0) is 13.5 Å². The molecular weight excluding hydrogens is 252 g/mol. The zero-order chi connectivity index (χ0) is 13.9. The van der Waals surface area contributed by atoms with Gasteiger partial charge in [-0.1, -0.05) is 12.1 Å². The van der Waals surface area contributed by atoms with Crippen LogP contribution in [-0.4, -0.2) is 25.5 Å². The lowest BCUT2D eigenvalue weighted by Gasteiger charge is -2.03. The monoisotopic (exact) mass is 266 g/mol. The first kappa shape index (κ1) is 12.5. The van der Waals surface area contributed by atoms with Crippen LogP contribution in [0.15, 0.2) is 42.7 Å². The van der Waals surface area contributed by atoms with Crippen molar-refractivity contribution < 1.29 is 4.79 Å². The first-order chi connectivity index (χ1) is 9.74. The molecule has 0 spiro atoms. The van der Waals surface area contributed by atoms with Gasteiger partial charge in [0.15, 0.2) is 5.78 Å². The summed E-state index contributed by atoms with van der Waals surface area (Å²) in [6, 6.07) is 9.45. The molecule has 0 N–H and O–H groups in total. The summed E-state index contributed by atoms with van der Waals surface area (Å²) < 4.78 is 1.78. The summed E-state index contributed by atoms with van der Waals surface area (Å²) in [5.41, 5.74) is 3.01. The van der Waals surface area contributed by atoms with Crippen LogP contribution < -0.4 is 0 Å². The molecule has 3 rings (SSSR count). The summed E-state index contributed by atoms with van der Waals surface area (Å²) in [5.74, 6) is 0.00412. The molecule has 0 aliphatic rings. The third kappa shape index (κ3) is 2.42. The third-order valence-electron chi connectivity index (χ3n) is 3.26. The summed E-state index contributed by atoms with van der Waals surface area (Å²) in [4.78, 5) is 20.8. The first-order valence-corrected chi connectivity index (χ1v) is 6.46. The van der Waals surface area contributed by atoms with Crippen LogP contribution >= 0.6 is 0 Å². The number of aryl methyl sites for hydroxylation is 2. The average Bonchev–Trinajstić information content (AvgIpc) is 2.89.